The van der Waals surface area contributed by atoms with Crippen molar-refractivity contribution in [2.24, 2.45) is 0 Å². The number of hydrogen-bond donors (Lipinski definition) is 3. The van der Waals surface area contributed by atoms with E-state index in [1.54, 1.807) is 0 Å². The van der Waals surface area contributed by atoms with Crippen LogP contribution in [0.1, 0.15) is 18.5 Å². The lowest BCUT2D eigenvalue weighted by Gasteiger charge is -2.23. The monoisotopic (exact) mass is 293 g/mol. The van der Waals surface area contributed by atoms with E-state index in [1.165, 1.54) is 5.56 Å². The fourth-order valence-electron chi connectivity index (χ4n) is 2.06. The molecule has 1 aromatic carbocycles. The molecule has 0 saturated carbocycles. The first-order chi connectivity index (χ1) is 10.2. The number of carbonyl (C=O) groups excluding carboxylic acids is 1. The highest BCUT2D eigenvalue weighted by Crippen LogP contribution is 2.15. The minimum Gasteiger partial charge on any atom is -0.376 e. The summed E-state index contributed by atoms with van der Waals surface area (Å²) in [6, 6.07) is 7.82. The molecule has 0 aliphatic carbocycles. The quantitative estimate of drug-likeness (QED) is 0.769. The highest BCUT2D eigenvalue weighted by Gasteiger charge is 2.15. The Morgan fingerprint density at radius 2 is 2.10 bits per heavy atom. The van der Waals surface area contributed by atoms with Gasteiger partial charge in [0.05, 0.1) is 25.9 Å². The third kappa shape index (κ3) is 5.00. The van der Waals surface area contributed by atoms with Crippen LogP contribution in [0.2, 0.25) is 0 Å². The van der Waals surface area contributed by atoms with Crippen LogP contribution < -0.4 is 16.0 Å². The van der Waals surface area contributed by atoms with E-state index in [0.717, 1.165) is 5.69 Å². The molecule has 2 atom stereocenters. The van der Waals surface area contributed by atoms with Gasteiger partial charge in [-0.05, 0) is 31.7 Å². The molecule has 1 aliphatic rings. The van der Waals surface area contributed by atoms with Crippen molar-refractivity contribution in [1.82, 2.24) is 10.6 Å². The lowest BCUT2D eigenvalue weighted by atomic mass is 10.1. The molecule has 21 heavy (non-hydrogen) atoms. The van der Waals surface area contributed by atoms with Crippen molar-refractivity contribution < 1.29 is 14.3 Å². The number of ether oxygens (including phenoxy) is 2. The molecular formula is C15H23N3O3. The second-order valence-corrected chi connectivity index (χ2v) is 5.04. The average Bonchev–Trinajstić information content (AvgIpc) is 2.54. The van der Waals surface area contributed by atoms with Gasteiger partial charge in [-0.2, -0.15) is 0 Å². The average molecular weight is 293 g/mol. The van der Waals surface area contributed by atoms with Gasteiger partial charge in [-0.15, -0.1) is 0 Å². The SMILES string of the molecule is CNC(C)c1ccc(NC(=O)NCC2COCCO2)cc1. The summed E-state index contributed by atoms with van der Waals surface area (Å²) in [5.41, 5.74) is 1.94. The minimum absolute atomic E-state index is 0.0663. The second kappa shape index (κ2) is 7.97. The van der Waals surface area contributed by atoms with Crippen LogP contribution in [0.3, 0.4) is 0 Å². The Morgan fingerprint density at radius 3 is 2.71 bits per heavy atom. The third-order valence-electron chi connectivity index (χ3n) is 3.48. The first-order valence-corrected chi connectivity index (χ1v) is 7.20. The van der Waals surface area contributed by atoms with Crippen molar-refractivity contribution in [3.8, 4) is 0 Å². The zero-order chi connectivity index (χ0) is 15.1. The molecule has 1 heterocycles. The van der Waals surface area contributed by atoms with Gasteiger partial charge in [0.25, 0.3) is 0 Å². The fourth-order valence-corrected chi connectivity index (χ4v) is 2.06. The van der Waals surface area contributed by atoms with E-state index in [-0.39, 0.29) is 18.2 Å². The molecule has 0 spiro atoms. The normalized spacial score (nSPS) is 19.8. The predicted octanol–water partition coefficient (Wildman–Crippen LogP) is 1.50. The van der Waals surface area contributed by atoms with Crippen LogP contribution in [0.5, 0.6) is 0 Å². The van der Waals surface area contributed by atoms with E-state index in [9.17, 15) is 4.79 Å². The summed E-state index contributed by atoms with van der Waals surface area (Å²) < 4.78 is 10.7. The van der Waals surface area contributed by atoms with Gasteiger partial charge < -0.3 is 25.4 Å². The molecule has 1 saturated heterocycles. The van der Waals surface area contributed by atoms with Crippen molar-refractivity contribution in [2.45, 2.75) is 19.1 Å². The maximum Gasteiger partial charge on any atom is 0.319 e. The number of rotatable bonds is 5. The molecule has 1 aromatic rings. The lowest BCUT2D eigenvalue weighted by Crippen LogP contribution is -2.41. The first-order valence-electron chi connectivity index (χ1n) is 7.20. The maximum absolute atomic E-state index is 11.8. The largest absolute Gasteiger partial charge is 0.376 e. The zero-order valence-corrected chi connectivity index (χ0v) is 12.5. The van der Waals surface area contributed by atoms with Gasteiger partial charge in [0, 0.05) is 18.3 Å². The molecule has 0 radical (unpaired) electrons. The van der Waals surface area contributed by atoms with Gasteiger partial charge >= 0.3 is 6.03 Å². The molecular weight excluding hydrogens is 270 g/mol. The number of anilines is 1. The summed E-state index contributed by atoms with van der Waals surface area (Å²) >= 11 is 0. The summed E-state index contributed by atoms with van der Waals surface area (Å²) in [5, 5.41) is 8.75. The summed E-state index contributed by atoms with van der Waals surface area (Å²) in [7, 11) is 1.92. The van der Waals surface area contributed by atoms with E-state index >= 15 is 0 Å². The summed E-state index contributed by atoms with van der Waals surface area (Å²) in [6.45, 7) is 4.26. The number of carbonyl (C=O) groups is 1. The molecule has 0 aromatic heterocycles. The standard InChI is InChI=1S/C15H23N3O3/c1-11(16-2)12-3-5-13(6-4-12)18-15(19)17-9-14-10-20-7-8-21-14/h3-6,11,14,16H,7-10H2,1-2H3,(H2,17,18,19). The van der Waals surface area contributed by atoms with E-state index in [1.807, 2.05) is 31.3 Å². The molecule has 2 amide bonds. The Bertz CT molecular complexity index is 444. The van der Waals surface area contributed by atoms with E-state index in [0.29, 0.717) is 26.4 Å². The van der Waals surface area contributed by atoms with Crippen LogP contribution in [-0.4, -0.2) is 45.5 Å². The number of nitrogens with one attached hydrogen (secondary N) is 3. The summed E-state index contributed by atoms with van der Waals surface area (Å²) in [5.74, 6) is 0. The Balaban J connectivity index is 1.76. The van der Waals surface area contributed by atoms with E-state index < -0.39 is 0 Å². The number of urea groups is 1. The molecule has 6 heteroatoms. The van der Waals surface area contributed by atoms with Crippen LogP contribution in [-0.2, 0) is 9.47 Å². The van der Waals surface area contributed by atoms with Crippen LogP contribution in [0.15, 0.2) is 24.3 Å². The minimum atomic E-state index is -0.237. The Morgan fingerprint density at radius 1 is 1.33 bits per heavy atom. The van der Waals surface area contributed by atoms with Crippen molar-refractivity contribution in [1.29, 1.82) is 0 Å². The predicted molar refractivity (Wildman–Crippen MR) is 81.5 cm³/mol. The first kappa shape index (κ1) is 15.8. The molecule has 6 nitrogen and oxygen atoms in total. The number of hydrogen-bond acceptors (Lipinski definition) is 4. The third-order valence-corrected chi connectivity index (χ3v) is 3.48. The van der Waals surface area contributed by atoms with Gasteiger partial charge in [-0.25, -0.2) is 4.79 Å². The topological polar surface area (TPSA) is 71.6 Å². The van der Waals surface area contributed by atoms with E-state index in [2.05, 4.69) is 22.9 Å². The molecule has 2 rings (SSSR count). The molecule has 3 N–H and O–H groups in total. The molecule has 2 unspecified atom stereocenters. The zero-order valence-electron chi connectivity index (χ0n) is 12.5. The molecule has 0 bridgehead atoms. The fraction of sp³-hybridized carbons (Fsp3) is 0.533. The van der Waals surface area contributed by atoms with Gasteiger partial charge in [0.1, 0.15) is 0 Å². The Kier molecular flexibility index (Phi) is 5.98. The molecule has 1 aliphatic heterocycles. The van der Waals surface area contributed by atoms with Crippen molar-refractivity contribution in [3.05, 3.63) is 29.8 Å². The second-order valence-electron chi connectivity index (χ2n) is 5.04. The van der Waals surface area contributed by atoms with Crippen LogP contribution in [0.4, 0.5) is 10.5 Å². The summed E-state index contributed by atoms with van der Waals surface area (Å²) in [6.07, 6.45) is -0.0663. The maximum atomic E-state index is 11.8. The van der Waals surface area contributed by atoms with E-state index in [4.69, 9.17) is 9.47 Å². The van der Waals surface area contributed by atoms with Crippen molar-refractivity contribution in [3.63, 3.8) is 0 Å². The van der Waals surface area contributed by atoms with Crippen LogP contribution in [0, 0.1) is 0 Å². The Hall–Kier alpha value is -1.63. The highest BCUT2D eigenvalue weighted by atomic mass is 16.6. The van der Waals surface area contributed by atoms with Gasteiger partial charge in [-0.3, -0.25) is 0 Å². The molecule has 116 valence electrons. The van der Waals surface area contributed by atoms with Crippen LogP contribution >= 0.6 is 0 Å². The van der Waals surface area contributed by atoms with Crippen molar-refractivity contribution >= 4 is 11.7 Å². The Labute approximate surface area is 125 Å². The van der Waals surface area contributed by atoms with Gasteiger partial charge in [0.15, 0.2) is 0 Å². The lowest BCUT2D eigenvalue weighted by molar-refractivity contribution is -0.0852. The van der Waals surface area contributed by atoms with Crippen molar-refractivity contribution in [2.75, 3.05) is 38.7 Å². The van der Waals surface area contributed by atoms with Gasteiger partial charge in [-0.1, -0.05) is 12.1 Å². The highest BCUT2D eigenvalue weighted by molar-refractivity contribution is 5.89. The molecule has 1 fully saturated rings. The summed E-state index contributed by atoms with van der Waals surface area (Å²) in [4.78, 5) is 11.8. The smallest absolute Gasteiger partial charge is 0.319 e. The number of benzene rings is 1. The van der Waals surface area contributed by atoms with Crippen LogP contribution in [0.25, 0.3) is 0 Å². The number of amides is 2. The van der Waals surface area contributed by atoms with Gasteiger partial charge in [0.2, 0.25) is 0 Å².